The molecule has 0 aliphatic carbocycles. The van der Waals surface area contributed by atoms with E-state index >= 15 is 0 Å². The second-order valence-corrected chi connectivity index (χ2v) is 9.42. The number of nitrogens with zero attached hydrogens (tertiary/aromatic N) is 3. The highest BCUT2D eigenvalue weighted by atomic mass is 32.2. The largest absolute Gasteiger partial charge is 0.467 e. The molecule has 1 aromatic heterocycles. The summed E-state index contributed by atoms with van der Waals surface area (Å²) in [5.41, 5.74) is 0.860. The average molecular weight is 516 g/mol. The van der Waals surface area contributed by atoms with Gasteiger partial charge in [-0.3, -0.25) is 19.3 Å². The second-order valence-electron chi connectivity index (χ2n) is 7.28. The molecule has 0 saturated carbocycles. The van der Waals surface area contributed by atoms with E-state index in [1.54, 1.807) is 43.3 Å². The molecule has 1 atom stereocenters. The Morgan fingerprint density at radius 1 is 1.23 bits per heavy atom. The van der Waals surface area contributed by atoms with Gasteiger partial charge in [-0.15, -0.1) is 10.2 Å². The first kappa shape index (κ1) is 24.5. The average Bonchev–Trinajstić information content (AvgIpc) is 3.57. The molecule has 2 aliphatic heterocycles. The minimum absolute atomic E-state index is 0.0984. The Labute approximate surface area is 208 Å². The number of carbonyl (C=O) groups is 4. The van der Waals surface area contributed by atoms with Crippen LogP contribution >= 0.6 is 23.5 Å². The van der Waals surface area contributed by atoms with Crippen LogP contribution in [0, 0.1) is 0 Å². The van der Waals surface area contributed by atoms with Gasteiger partial charge in [0.05, 0.1) is 30.7 Å². The number of nitrogens with one attached hydrogen (secondary N) is 2. The lowest BCUT2D eigenvalue weighted by Crippen LogP contribution is -2.33. The van der Waals surface area contributed by atoms with Gasteiger partial charge >= 0.3 is 5.97 Å². The number of esters is 1. The number of hydrogen-bond donors (Lipinski definition) is 2. The first-order chi connectivity index (χ1) is 16.9. The van der Waals surface area contributed by atoms with Gasteiger partial charge in [-0.05, 0) is 43.3 Å². The minimum Gasteiger partial charge on any atom is -0.467 e. The molecule has 3 heterocycles. The van der Waals surface area contributed by atoms with Crippen molar-refractivity contribution in [3.8, 4) is 0 Å². The number of furan rings is 1. The van der Waals surface area contributed by atoms with Gasteiger partial charge in [0.1, 0.15) is 11.0 Å². The number of thioether (sulfide) groups is 2. The highest BCUT2D eigenvalue weighted by Crippen LogP contribution is 2.31. The van der Waals surface area contributed by atoms with Crippen LogP contribution in [-0.2, 0) is 25.7 Å². The summed E-state index contributed by atoms with van der Waals surface area (Å²) < 4.78 is 10.3. The zero-order chi connectivity index (χ0) is 24.8. The molecular formula is C22H21N5O6S2. The van der Waals surface area contributed by atoms with Crippen LogP contribution in [0.5, 0.6) is 0 Å². The molecule has 0 spiro atoms. The van der Waals surface area contributed by atoms with Crippen molar-refractivity contribution in [1.82, 2.24) is 10.2 Å². The summed E-state index contributed by atoms with van der Waals surface area (Å²) in [4.78, 5) is 50.3. The Bertz CT molecular complexity index is 1180. The van der Waals surface area contributed by atoms with Crippen molar-refractivity contribution in [2.75, 3.05) is 17.7 Å². The van der Waals surface area contributed by atoms with E-state index in [0.717, 1.165) is 11.8 Å². The Morgan fingerprint density at radius 3 is 2.69 bits per heavy atom. The van der Waals surface area contributed by atoms with Crippen molar-refractivity contribution in [3.63, 3.8) is 0 Å². The number of benzene rings is 1. The molecule has 0 bridgehead atoms. The fourth-order valence-corrected chi connectivity index (χ4v) is 4.88. The first-order valence-electron chi connectivity index (χ1n) is 10.6. The quantitative estimate of drug-likeness (QED) is 0.403. The number of anilines is 1. The van der Waals surface area contributed by atoms with Gasteiger partial charge in [-0.1, -0.05) is 23.5 Å². The molecular weight excluding hydrogens is 494 g/mol. The molecule has 35 heavy (non-hydrogen) atoms. The van der Waals surface area contributed by atoms with Crippen LogP contribution in [0.1, 0.15) is 29.5 Å². The van der Waals surface area contributed by atoms with Gasteiger partial charge in [0.25, 0.3) is 0 Å². The lowest BCUT2D eigenvalue weighted by atomic mass is 10.2. The van der Waals surface area contributed by atoms with Gasteiger partial charge in [-0.2, -0.15) is 0 Å². The van der Waals surface area contributed by atoms with Crippen LogP contribution in [0.2, 0.25) is 0 Å². The van der Waals surface area contributed by atoms with E-state index in [4.69, 9.17) is 9.15 Å². The lowest BCUT2D eigenvalue weighted by Gasteiger charge is -2.14. The zero-order valence-electron chi connectivity index (χ0n) is 18.6. The van der Waals surface area contributed by atoms with Gasteiger partial charge in [0.15, 0.2) is 10.3 Å². The molecule has 1 aromatic carbocycles. The van der Waals surface area contributed by atoms with E-state index in [-0.39, 0.29) is 43.0 Å². The number of rotatable bonds is 8. The molecule has 182 valence electrons. The second kappa shape index (κ2) is 11.2. The first-order valence-corrected chi connectivity index (χ1v) is 12.4. The summed E-state index contributed by atoms with van der Waals surface area (Å²) in [6, 6.07) is 9.73. The third-order valence-corrected chi connectivity index (χ3v) is 6.81. The third kappa shape index (κ3) is 6.31. The van der Waals surface area contributed by atoms with E-state index < -0.39 is 11.2 Å². The molecule has 2 N–H and O–H groups in total. The smallest absolute Gasteiger partial charge is 0.338 e. The Hall–Kier alpha value is -3.58. The standard InChI is InChI=1S/C22H21N5O6S2/c1-2-32-20(31)13-5-7-14(8-6-13)23-17(28)10-16-19(30)27(11-15-4-3-9-33-15)22(35-16)26-25-21-24-18(29)12-34-21/h3-9,16H,2,10-12H2,1H3,(H,23,28)(H,24,25,29). The maximum atomic E-state index is 13.1. The van der Waals surface area contributed by atoms with Crippen LogP contribution in [0.25, 0.3) is 0 Å². The van der Waals surface area contributed by atoms with Crippen LogP contribution in [-0.4, -0.2) is 56.5 Å². The summed E-state index contributed by atoms with van der Waals surface area (Å²) >= 11 is 2.33. The van der Waals surface area contributed by atoms with Gasteiger partial charge in [0.2, 0.25) is 17.7 Å². The molecule has 13 heteroatoms. The van der Waals surface area contributed by atoms with Crippen LogP contribution in [0.3, 0.4) is 0 Å². The van der Waals surface area contributed by atoms with Crippen LogP contribution in [0.4, 0.5) is 5.69 Å². The molecule has 11 nitrogen and oxygen atoms in total. The van der Waals surface area contributed by atoms with Crippen molar-refractivity contribution in [3.05, 3.63) is 54.0 Å². The molecule has 4 rings (SSSR count). The van der Waals surface area contributed by atoms with E-state index in [1.165, 1.54) is 22.9 Å². The lowest BCUT2D eigenvalue weighted by molar-refractivity contribution is -0.128. The van der Waals surface area contributed by atoms with Crippen molar-refractivity contribution in [2.24, 2.45) is 10.2 Å². The SMILES string of the molecule is CCOC(=O)c1ccc(NC(=O)CC2SC(=NN=C3NC(=O)CS3)N(Cc3ccco3)C2=O)cc1. The Morgan fingerprint density at radius 2 is 2.03 bits per heavy atom. The number of amidine groups is 2. The predicted molar refractivity (Wildman–Crippen MR) is 132 cm³/mol. The Balaban J connectivity index is 1.43. The Kier molecular flexibility index (Phi) is 7.87. The van der Waals surface area contributed by atoms with Crippen molar-refractivity contribution in [2.45, 2.75) is 25.1 Å². The summed E-state index contributed by atoms with van der Waals surface area (Å²) in [5.74, 6) is -0.475. The number of carbonyl (C=O) groups excluding carboxylic acids is 4. The summed E-state index contributed by atoms with van der Waals surface area (Å²) in [7, 11) is 0. The maximum Gasteiger partial charge on any atom is 0.338 e. The van der Waals surface area contributed by atoms with Crippen LogP contribution < -0.4 is 10.6 Å². The molecule has 0 radical (unpaired) electrons. The number of hydrogen-bond acceptors (Lipinski definition) is 10. The molecule has 2 saturated heterocycles. The van der Waals surface area contributed by atoms with Crippen molar-refractivity contribution < 1.29 is 28.3 Å². The minimum atomic E-state index is -0.714. The third-order valence-electron chi connectivity index (χ3n) is 4.78. The number of ether oxygens (including phenoxy) is 1. The van der Waals surface area contributed by atoms with Crippen LogP contribution in [0.15, 0.2) is 57.3 Å². The highest BCUT2D eigenvalue weighted by Gasteiger charge is 2.40. The van der Waals surface area contributed by atoms with E-state index in [2.05, 4.69) is 20.8 Å². The van der Waals surface area contributed by atoms with E-state index in [9.17, 15) is 19.2 Å². The summed E-state index contributed by atoms with van der Waals surface area (Å²) in [5, 5.41) is 13.4. The van der Waals surface area contributed by atoms with Crippen molar-refractivity contribution in [1.29, 1.82) is 0 Å². The highest BCUT2D eigenvalue weighted by molar-refractivity contribution is 8.15. The van der Waals surface area contributed by atoms with Gasteiger partial charge < -0.3 is 19.8 Å². The summed E-state index contributed by atoms with van der Waals surface area (Å²) in [6.07, 6.45) is 1.40. The summed E-state index contributed by atoms with van der Waals surface area (Å²) in [6.45, 7) is 2.13. The molecule has 2 fully saturated rings. The number of amides is 3. The van der Waals surface area contributed by atoms with Crippen molar-refractivity contribution >= 4 is 63.2 Å². The van der Waals surface area contributed by atoms with E-state index in [1.807, 2.05) is 0 Å². The topological polar surface area (TPSA) is 143 Å². The molecule has 2 aromatic rings. The fraction of sp³-hybridized carbons (Fsp3) is 0.273. The van der Waals surface area contributed by atoms with E-state index in [0.29, 0.717) is 27.3 Å². The predicted octanol–water partition coefficient (Wildman–Crippen LogP) is 2.42. The molecule has 3 amide bonds. The monoisotopic (exact) mass is 515 g/mol. The van der Waals surface area contributed by atoms with Gasteiger partial charge in [-0.25, -0.2) is 4.79 Å². The molecule has 1 unspecified atom stereocenters. The van der Waals surface area contributed by atoms with Gasteiger partial charge in [0, 0.05) is 12.1 Å². The maximum absolute atomic E-state index is 13.1. The fourth-order valence-electron chi connectivity index (χ4n) is 3.17. The molecule has 2 aliphatic rings. The zero-order valence-corrected chi connectivity index (χ0v) is 20.2. The normalized spacial score (nSPS) is 19.9.